The van der Waals surface area contributed by atoms with E-state index < -0.39 is 7.51 Å². The summed E-state index contributed by atoms with van der Waals surface area (Å²) in [5.41, 5.74) is 15.7. The van der Waals surface area contributed by atoms with E-state index in [-0.39, 0.29) is 0 Å². The van der Waals surface area contributed by atoms with Crippen molar-refractivity contribution in [2.75, 3.05) is 45.8 Å². The van der Waals surface area contributed by atoms with Gasteiger partial charge in [-0.3, -0.25) is 0 Å². The van der Waals surface area contributed by atoms with Gasteiger partial charge in [0.05, 0.1) is 22.7 Å². The van der Waals surface area contributed by atoms with Crippen LogP contribution in [0.15, 0.2) is 91.8 Å². The van der Waals surface area contributed by atoms with Crippen LogP contribution in [0.5, 0.6) is 0 Å². The molecule has 0 amide bonds. The predicted molar refractivity (Wildman–Crippen MR) is 285 cm³/mol. The molecule has 0 aromatic heterocycles. The van der Waals surface area contributed by atoms with Crippen LogP contribution in [0, 0.1) is 0 Å². The van der Waals surface area contributed by atoms with E-state index in [1.165, 1.54) is 67.3 Å². The standard InChI is InChI=1S/C56H79N8P/c1-34(2)43-22-18-23-44(35(3)4)51(43)61-30-31-62(52-45(36(5)6)24-19-25-46(52)37(7)8)55(61)59-65(57-42(17)58-65)60-56-63(53-47(38(9)10)26-20-27-48(53)39(11)12)32-33-64(56)54-49(40(13)14)28-21-29-50(54)41(15)16/h18-29,34-41H,30-33H2,1-17H3. The summed E-state index contributed by atoms with van der Waals surface area (Å²) in [6.45, 7) is 42.3. The molecule has 0 unspecified atom stereocenters. The number of rotatable bonds is 14. The quantitative estimate of drug-likeness (QED) is 0.118. The van der Waals surface area contributed by atoms with E-state index in [2.05, 4.69) is 203 Å². The maximum atomic E-state index is 6.02. The monoisotopic (exact) mass is 895 g/mol. The fraction of sp³-hybridized carbons (Fsp3) is 0.518. The third-order valence-electron chi connectivity index (χ3n) is 13.5. The van der Waals surface area contributed by atoms with Gasteiger partial charge in [-0.05, 0) is 98.8 Å². The molecule has 0 bridgehead atoms. The van der Waals surface area contributed by atoms with Crippen LogP contribution < -0.4 is 19.6 Å². The van der Waals surface area contributed by atoms with Gasteiger partial charge < -0.3 is 19.6 Å². The van der Waals surface area contributed by atoms with E-state index in [0.29, 0.717) is 47.3 Å². The Balaban J connectivity index is 1.58. The van der Waals surface area contributed by atoms with Crippen molar-refractivity contribution in [2.45, 2.75) is 165 Å². The number of benzene rings is 4. The Morgan fingerprint density at radius 2 is 0.554 bits per heavy atom. The second-order valence-corrected chi connectivity index (χ2v) is 22.9. The number of amidine groups is 1. The zero-order chi connectivity index (χ0) is 47.2. The summed E-state index contributed by atoms with van der Waals surface area (Å²) in [6, 6.07) is 27.5. The van der Waals surface area contributed by atoms with Crippen LogP contribution in [0.1, 0.15) is 210 Å². The third kappa shape index (κ3) is 9.23. The maximum Gasteiger partial charge on any atom is 0.314 e. The molecule has 0 spiro atoms. The fourth-order valence-corrected chi connectivity index (χ4v) is 12.1. The minimum absolute atomic E-state index is 0.318. The van der Waals surface area contributed by atoms with Gasteiger partial charge >= 0.3 is 7.51 Å². The maximum absolute atomic E-state index is 6.02. The lowest BCUT2D eigenvalue weighted by Gasteiger charge is -2.34. The first-order chi connectivity index (χ1) is 30.8. The number of anilines is 4. The number of hydrogen-bond donors (Lipinski definition) is 0. The predicted octanol–water partition coefficient (Wildman–Crippen LogP) is 16.1. The largest absolute Gasteiger partial charge is 0.314 e. The lowest BCUT2D eigenvalue weighted by atomic mass is 9.91. The molecule has 65 heavy (non-hydrogen) atoms. The van der Waals surface area contributed by atoms with Gasteiger partial charge in [0, 0.05) is 26.2 Å². The van der Waals surface area contributed by atoms with E-state index in [9.17, 15) is 0 Å². The molecule has 8 nitrogen and oxygen atoms in total. The zero-order valence-corrected chi connectivity index (χ0v) is 43.8. The van der Waals surface area contributed by atoms with Crippen molar-refractivity contribution in [1.82, 2.24) is 0 Å². The van der Waals surface area contributed by atoms with E-state index in [1.807, 2.05) is 6.92 Å². The highest BCUT2D eigenvalue weighted by Gasteiger charge is 2.42. The highest BCUT2D eigenvalue weighted by Crippen LogP contribution is 2.62. The van der Waals surface area contributed by atoms with Crippen LogP contribution in [0.3, 0.4) is 0 Å². The SMILES string of the molecule is CC1=NP(N=C2N(c3c(C(C)C)cccc3C(C)C)CCN2c2c(C(C)C)cccc2C(C)C)(N=C2N(c3c(C(C)C)cccc3C(C)C)CCN2c2c(C(C)C)cccc2C(C)C)=N1. The molecule has 0 saturated carbocycles. The van der Waals surface area contributed by atoms with Crippen molar-refractivity contribution < 1.29 is 0 Å². The molecule has 9 heteroatoms. The Morgan fingerprint density at radius 3 is 0.708 bits per heavy atom. The van der Waals surface area contributed by atoms with Gasteiger partial charge in [0.25, 0.3) is 0 Å². The summed E-state index contributed by atoms with van der Waals surface area (Å²) in [5, 5.41) is 0. The first-order valence-electron chi connectivity index (χ1n) is 24.8. The average molecular weight is 895 g/mol. The average Bonchev–Trinajstić information content (AvgIpc) is 3.84. The lowest BCUT2D eigenvalue weighted by Crippen LogP contribution is -2.37. The van der Waals surface area contributed by atoms with Gasteiger partial charge in [-0.15, -0.1) is 0 Å². The number of para-hydroxylation sites is 4. The van der Waals surface area contributed by atoms with Crippen LogP contribution in [-0.2, 0) is 0 Å². The molecule has 4 aromatic rings. The third-order valence-corrected chi connectivity index (χ3v) is 15.5. The molecule has 2 fully saturated rings. The molecule has 7 rings (SSSR count). The lowest BCUT2D eigenvalue weighted by molar-refractivity contribution is 0.821. The van der Waals surface area contributed by atoms with Gasteiger partial charge in [0.1, 0.15) is 5.84 Å². The van der Waals surface area contributed by atoms with E-state index >= 15 is 0 Å². The molecule has 3 heterocycles. The Hall–Kier alpha value is -4.68. The zero-order valence-electron chi connectivity index (χ0n) is 42.9. The van der Waals surface area contributed by atoms with Crippen molar-refractivity contribution in [3.8, 4) is 0 Å². The van der Waals surface area contributed by atoms with Crippen molar-refractivity contribution in [3.63, 3.8) is 0 Å². The molecule has 2 saturated heterocycles. The van der Waals surface area contributed by atoms with Crippen LogP contribution in [0.25, 0.3) is 0 Å². The van der Waals surface area contributed by atoms with Gasteiger partial charge in [-0.2, -0.15) is 19.0 Å². The highest BCUT2D eigenvalue weighted by molar-refractivity contribution is 7.64. The summed E-state index contributed by atoms with van der Waals surface area (Å²) in [6.07, 6.45) is 0. The van der Waals surface area contributed by atoms with Crippen molar-refractivity contribution >= 4 is 48.0 Å². The Labute approximate surface area is 393 Å². The molecule has 0 N–H and O–H groups in total. The Morgan fingerprint density at radius 1 is 0.369 bits per heavy atom. The summed E-state index contributed by atoms with van der Waals surface area (Å²) in [4.78, 5) is 10.1. The van der Waals surface area contributed by atoms with Gasteiger partial charge in [0.2, 0.25) is 11.9 Å². The molecule has 3 aliphatic rings. The first kappa shape index (κ1) is 48.3. The summed E-state index contributed by atoms with van der Waals surface area (Å²) >= 11 is 0. The minimum atomic E-state index is -3.14. The molecule has 0 atom stereocenters. The topological polar surface area (TPSA) is 62.4 Å². The second kappa shape index (κ2) is 19.3. The smallest absolute Gasteiger partial charge is 0.310 e. The fourth-order valence-electron chi connectivity index (χ4n) is 10.2. The molecular weight excluding hydrogens is 816 g/mol. The van der Waals surface area contributed by atoms with Crippen LogP contribution in [0.4, 0.5) is 22.7 Å². The normalized spacial score (nSPS) is 16.5. The first-order valence-corrected chi connectivity index (χ1v) is 26.4. The number of nitrogens with zero attached hydrogens (tertiary/aromatic N) is 8. The van der Waals surface area contributed by atoms with Crippen LogP contribution in [-0.4, -0.2) is 43.9 Å². The van der Waals surface area contributed by atoms with Crippen LogP contribution in [0.2, 0.25) is 0 Å². The molecule has 0 radical (unpaired) electrons. The minimum Gasteiger partial charge on any atom is -0.310 e. The number of hydrogen-bond acceptors (Lipinski definition) is 4. The molecule has 3 aliphatic heterocycles. The van der Waals surface area contributed by atoms with Crippen molar-refractivity contribution in [2.24, 2.45) is 19.0 Å². The van der Waals surface area contributed by atoms with Gasteiger partial charge in [0.15, 0.2) is 0 Å². The summed E-state index contributed by atoms with van der Waals surface area (Å²) < 4.78 is 22.9. The number of guanidine groups is 2. The van der Waals surface area contributed by atoms with Crippen molar-refractivity contribution in [3.05, 3.63) is 117 Å². The van der Waals surface area contributed by atoms with E-state index in [4.69, 9.17) is 19.0 Å². The second-order valence-electron chi connectivity index (χ2n) is 21.1. The Kier molecular flexibility index (Phi) is 14.3. The molecule has 0 aliphatic carbocycles. The summed E-state index contributed by atoms with van der Waals surface area (Å²) in [7, 11) is -3.14. The van der Waals surface area contributed by atoms with E-state index in [1.54, 1.807) is 0 Å². The van der Waals surface area contributed by atoms with Gasteiger partial charge in [-0.1, -0.05) is 184 Å². The van der Waals surface area contributed by atoms with Crippen molar-refractivity contribution in [1.29, 1.82) is 0 Å². The molecule has 4 aromatic carbocycles. The van der Waals surface area contributed by atoms with Gasteiger partial charge in [-0.25, -0.2) is 0 Å². The van der Waals surface area contributed by atoms with E-state index in [0.717, 1.165) is 43.9 Å². The molecular formula is C56H79N8P. The Bertz CT molecular complexity index is 2120. The summed E-state index contributed by atoms with van der Waals surface area (Å²) in [5.74, 6) is 5.11. The van der Waals surface area contributed by atoms with Crippen LogP contribution >= 0.6 is 7.51 Å². The molecule has 348 valence electrons. The highest BCUT2D eigenvalue weighted by atomic mass is 31.2.